The molecule has 2 N–H and O–H groups in total. The molecule has 3 aromatic rings. The number of carbonyl (C=O) groups is 4. The summed E-state index contributed by atoms with van der Waals surface area (Å²) in [6, 6.07) is 9.57. The van der Waals surface area contributed by atoms with Crippen molar-refractivity contribution in [2.45, 2.75) is 0 Å². The highest BCUT2D eigenvalue weighted by Gasteiger charge is 2.37. The molecule has 0 aliphatic carbocycles. The maximum Gasteiger partial charge on any atom is 0.337 e. The Kier molecular flexibility index (Phi) is 5.10. The molecule has 1 aliphatic rings. The SMILES string of the molecule is O=C1NC(=O)N(c2cccnc2)C(=O)/C1=C\c1ccc(-c2ccc(Cl)c(C(=O)O)c2)o1. The summed E-state index contributed by atoms with van der Waals surface area (Å²) in [4.78, 5) is 53.2. The molecule has 10 heteroatoms. The molecule has 0 saturated carbocycles. The minimum atomic E-state index is -1.19. The Labute approximate surface area is 179 Å². The summed E-state index contributed by atoms with van der Waals surface area (Å²) in [6.07, 6.45) is 4.00. The number of barbiturate groups is 1. The molecular weight excluding hydrogens is 426 g/mol. The highest BCUT2D eigenvalue weighted by molar-refractivity contribution is 6.39. The van der Waals surface area contributed by atoms with E-state index in [2.05, 4.69) is 10.3 Å². The Balaban J connectivity index is 1.67. The van der Waals surface area contributed by atoms with Crippen LogP contribution in [0.1, 0.15) is 16.1 Å². The van der Waals surface area contributed by atoms with E-state index in [9.17, 15) is 24.3 Å². The number of imide groups is 2. The smallest absolute Gasteiger partial charge is 0.337 e. The van der Waals surface area contributed by atoms with Gasteiger partial charge in [-0.25, -0.2) is 14.5 Å². The molecule has 4 rings (SSSR count). The van der Waals surface area contributed by atoms with Crippen LogP contribution in [0.5, 0.6) is 0 Å². The van der Waals surface area contributed by atoms with Crippen LogP contribution in [0.25, 0.3) is 17.4 Å². The average Bonchev–Trinajstić information content (AvgIpc) is 3.20. The van der Waals surface area contributed by atoms with Crippen LogP contribution < -0.4 is 10.2 Å². The quantitative estimate of drug-likeness (QED) is 0.472. The Morgan fingerprint density at radius 2 is 1.97 bits per heavy atom. The highest BCUT2D eigenvalue weighted by atomic mass is 35.5. The summed E-state index contributed by atoms with van der Waals surface area (Å²) in [6.45, 7) is 0. The summed E-state index contributed by atoms with van der Waals surface area (Å²) in [5, 5.41) is 11.4. The number of nitrogens with one attached hydrogen (secondary N) is 1. The number of nitrogens with zero attached hydrogens (tertiary/aromatic N) is 2. The van der Waals surface area contributed by atoms with Crippen LogP contribution in [-0.2, 0) is 9.59 Å². The van der Waals surface area contributed by atoms with E-state index in [1.807, 2.05) is 0 Å². The zero-order valence-electron chi connectivity index (χ0n) is 15.5. The molecule has 1 saturated heterocycles. The van der Waals surface area contributed by atoms with E-state index < -0.39 is 23.8 Å². The molecule has 2 aromatic heterocycles. The molecule has 154 valence electrons. The van der Waals surface area contributed by atoms with E-state index in [0.717, 1.165) is 4.90 Å². The van der Waals surface area contributed by atoms with E-state index in [-0.39, 0.29) is 27.6 Å². The number of halogens is 1. The number of furan rings is 1. The fraction of sp³-hybridized carbons (Fsp3) is 0. The van der Waals surface area contributed by atoms with Crippen LogP contribution in [0.15, 0.2) is 64.8 Å². The molecule has 0 radical (unpaired) electrons. The number of carbonyl (C=O) groups excluding carboxylic acids is 3. The summed E-state index contributed by atoms with van der Waals surface area (Å²) >= 11 is 5.88. The number of anilines is 1. The number of hydrogen-bond acceptors (Lipinski definition) is 6. The van der Waals surface area contributed by atoms with Crippen LogP contribution in [0, 0.1) is 0 Å². The van der Waals surface area contributed by atoms with Gasteiger partial charge in [0.25, 0.3) is 11.8 Å². The molecule has 0 atom stereocenters. The molecular formula is C21H12ClN3O6. The van der Waals surface area contributed by atoms with Gasteiger partial charge in [0.2, 0.25) is 0 Å². The van der Waals surface area contributed by atoms with Crippen molar-refractivity contribution in [3.05, 3.63) is 76.8 Å². The number of aromatic carboxylic acids is 1. The number of aromatic nitrogens is 1. The number of hydrogen-bond donors (Lipinski definition) is 2. The monoisotopic (exact) mass is 437 g/mol. The molecule has 0 spiro atoms. The number of benzene rings is 1. The van der Waals surface area contributed by atoms with Gasteiger partial charge in [-0.2, -0.15) is 0 Å². The lowest BCUT2D eigenvalue weighted by Crippen LogP contribution is -2.54. The number of urea groups is 1. The maximum atomic E-state index is 12.8. The third-order valence-electron chi connectivity index (χ3n) is 4.40. The molecule has 1 aromatic carbocycles. The number of amides is 4. The standard InChI is InChI=1S/C21H12ClN3O6/c22-16-5-3-11(8-14(16)20(28)29)17-6-4-13(31-17)9-15-18(26)24-21(30)25(19(15)27)12-2-1-7-23-10-12/h1-10H,(H,28,29)(H,24,26,30)/b15-9-. The third kappa shape index (κ3) is 3.81. The average molecular weight is 438 g/mol. The van der Waals surface area contributed by atoms with Gasteiger partial charge >= 0.3 is 12.0 Å². The van der Waals surface area contributed by atoms with Gasteiger partial charge in [-0.3, -0.25) is 19.9 Å². The first-order chi connectivity index (χ1) is 14.8. The zero-order valence-corrected chi connectivity index (χ0v) is 16.3. The van der Waals surface area contributed by atoms with Crippen molar-refractivity contribution >= 4 is 47.2 Å². The molecule has 4 amide bonds. The van der Waals surface area contributed by atoms with Gasteiger partial charge in [0.05, 0.1) is 22.5 Å². The predicted molar refractivity (Wildman–Crippen MR) is 109 cm³/mol. The molecule has 3 heterocycles. The van der Waals surface area contributed by atoms with Crippen molar-refractivity contribution < 1.29 is 28.7 Å². The first-order valence-electron chi connectivity index (χ1n) is 8.79. The van der Waals surface area contributed by atoms with Gasteiger partial charge < -0.3 is 9.52 Å². The molecule has 9 nitrogen and oxygen atoms in total. The number of carboxylic acid groups (broad SMARTS) is 1. The Morgan fingerprint density at radius 3 is 2.68 bits per heavy atom. The van der Waals surface area contributed by atoms with Crippen molar-refractivity contribution in [2.24, 2.45) is 0 Å². The van der Waals surface area contributed by atoms with Gasteiger partial charge in [0, 0.05) is 11.8 Å². The molecule has 1 fully saturated rings. The fourth-order valence-corrected chi connectivity index (χ4v) is 3.15. The minimum Gasteiger partial charge on any atom is -0.478 e. The molecule has 0 bridgehead atoms. The molecule has 31 heavy (non-hydrogen) atoms. The number of rotatable bonds is 4. The van der Waals surface area contributed by atoms with E-state index in [1.165, 1.54) is 42.7 Å². The van der Waals surface area contributed by atoms with Crippen molar-refractivity contribution in [2.75, 3.05) is 4.90 Å². The van der Waals surface area contributed by atoms with Crippen molar-refractivity contribution in [3.63, 3.8) is 0 Å². The molecule has 1 aliphatic heterocycles. The summed E-state index contributed by atoms with van der Waals surface area (Å²) < 4.78 is 5.65. The minimum absolute atomic E-state index is 0.0785. The van der Waals surface area contributed by atoms with E-state index in [4.69, 9.17) is 16.0 Å². The lowest BCUT2D eigenvalue weighted by Gasteiger charge is -2.25. The topological polar surface area (TPSA) is 130 Å². The van der Waals surface area contributed by atoms with Crippen molar-refractivity contribution in [1.29, 1.82) is 0 Å². The second-order valence-corrected chi connectivity index (χ2v) is 6.78. The fourth-order valence-electron chi connectivity index (χ4n) is 2.95. The van der Waals surface area contributed by atoms with Gasteiger partial charge in [0.15, 0.2) is 0 Å². The highest BCUT2D eigenvalue weighted by Crippen LogP contribution is 2.28. The third-order valence-corrected chi connectivity index (χ3v) is 4.73. The predicted octanol–water partition coefficient (Wildman–Crippen LogP) is 3.36. The summed E-state index contributed by atoms with van der Waals surface area (Å²) in [5.41, 5.74) is 0.235. The van der Waals surface area contributed by atoms with Crippen LogP contribution in [0.4, 0.5) is 10.5 Å². The van der Waals surface area contributed by atoms with Gasteiger partial charge in [0.1, 0.15) is 17.1 Å². The first kappa shape index (κ1) is 20.0. The van der Waals surface area contributed by atoms with Gasteiger partial charge in [-0.15, -0.1) is 0 Å². The van der Waals surface area contributed by atoms with Crippen LogP contribution >= 0.6 is 11.6 Å². The summed E-state index contributed by atoms with van der Waals surface area (Å²) in [7, 11) is 0. The zero-order chi connectivity index (χ0) is 22.1. The van der Waals surface area contributed by atoms with Crippen molar-refractivity contribution in [1.82, 2.24) is 10.3 Å². The second-order valence-electron chi connectivity index (χ2n) is 6.37. The van der Waals surface area contributed by atoms with E-state index in [0.29, 0.717) is 11.3 Å². The first-order valence-corrected chi connectivity index (χ1v) is 9.17. The second kappa shape index (κ2) is 7.88. The van der Waals surface area contributed by atoms with Crippen LogP contribution in [0.3, 0.4) is 0 Å². The lowest BCUT2D eigenvalue weighted by molar-refractivity contribution is -0.122. The van der Waals surface area contributed by atoms with E-state index in [1.54, 1.807) is 18.2 Å². The maximum absolute atomic E-state index is 12.8. The van der Waals surface area contributed by atoms with Gasteiger partial charge in [-0.05, 0) is 48.5 Å². The van der Waals surface area contributed by atoms with Gasteiger partial charge in [-0.1, -0.05) is 11.6 Å². The normalized spacial score (nSPS) is 15.3. The number of carboxylic acids is 1. The summed E-state index contributed by atoms with van der Waals surface area (Å²) in [5.74, 6) is -2.44. The van der Waals surface area contributed by atoms with Crippen LogP contribution in [-0.4, -0.2) is 33.9 Å². The molecule has 0 unspecified atom stereocenters. The lowest BCUT2D eigenvalue weighted by atomic mass is 10.1. The Bertz CT molecular complexity index is 1270. The Hall–Kier alpha value is -4.24. The van der Waals surface area contributed by atoms with Crippen LogP contribution in [0.2, 0.25) is 5.02 Å². The largest absolute Gasteiger partial charge is 0.478 e. The van der Waals surface area contributed by atoms with Crippen molar-refractivity contribution in [3.8, 4) is 11.3 Å². The number of pyridine rings is 1. The van der Waals surface area contributed by atoms with E-state index >= 15 is 0 Å². The Morgan fingerprint density at radius 1 is 1.16 bits per heavy atom.